The fourth-order valence-corrected chi connectivity index (χ4v) is 11.8. The van der Waals surface area contributed by atoms with E-state index in [4.69, 9.17) is 23.7 Å². The number of benzene rings is 3. The van der Waals surface area contributed by atoms with Gasteiger partial charge in [-0.25, -0.2) is 4.79 Å². The van der Waals surface area contributed by atoms with E-state index in [-0.39, 0.29) is 36.7 Å². The molecule has 0 aromatic heterocycles. The number of nitriles is 1. The molecule has 1 spiro atoms. The van der Waals surface area contributed by atoms with Crippen LogP contribution in [-0.4, -0.2) is 89.9 Å². The van der Waals surface area contributed by atoms with Crippen molar-refractivity contribution >= 4 is 23.7 Å². The number of ether oxygens (including phenoxy) is 5. The van der Waals surface area contributed by atoms with Gasteiger partial charge in [0.15, 0.2) is 28.5 Å². The third-order valence-electron chi connectivity index (χ3n) is 12.5. The summed E-state index contributed by atoms with van der Waals surface area (Å²) in [5.41, 5.74) is 5.40. The summed E-state index contributed by atoms with van der Waals surface area (Å²) in [7, 11) is 3.54. The number of nitrogens with zero attached hydrogens (tertiary/aromatic N) is 3. The normalized spacial score (nSPS) is 29.3. The number of hydrogen-bond donors (Lipinski definition) is 3. The highest BCUT2D eigenvalue weighted by Crippen LogP contribution is 2.64. The lowest BCUT2D eigenvalue weighted by Gasteiger charge is -2.62. The summed E-state index contributed by atoms with van der Waals surface area (Å²) in [5.74, 6) is 1.11. The highest BCUT2D eigenvalue weighted by Gasteiger charge is 2.61. The molecule has 10 rings (SSSR count). The van der Waals surface area contributed by atoms with Crippen LogP contribution >= 0.6 is 11.8 Å². The van der Waals surface area contributed by atoms with E-state index in [0.29, 0.717) is 64.6 Å². The number of methoxy groups -OCH3 is 1. The summed E-state index contributed by atoms with van der Waals surface area (Å²) in [6.45, 7) is 7.19. The van der Waals surface area contributed by atoms with Crippen molar-refractivity contribution in [1.29, 1.82) is 5.26 Å². The molecule has 0 radical (unpaired) electrons. The van der Waals surface area contributed by atoms with Crippen LogP contribution in [0, 0.1) is 32.1 Å². The van der Waals surface area contributed by atoms with Gasteiger partial charge >= 0.3 is 11.9 Å². The maximum atomic E-state index is 14.7. The lowest BCUT2D eigenvalue weighted by atomic mass is 9.71. The number of likely N-dealkylation sites (N-methyl/N-ethyl adjacent to an activating group) is 1. The van der Waals surface area contributed by atoms with Crippen LogP contribution in [0.15, 0.2) is 18.2 Å². The van der Waals surface area contributed by atoms with Crippen LogP contribution in [0.5, 0.6) is 34.5 Å². The Balaban J connectivity index is 1.34. The molecule has 13 nitrogen and oxygen atoms in total. The number of thioether (sulfide) groups is 1. The molecular formula is C40H42N4O9S. The van der Waals surface area contributed by atoms with Crippen LogP contribution in [0.2, 0.25) is 0 Å². The SMILES string of the molecule is COc1c(C)cc2c(c1O)[C@@H]1C3[C@@H]4SC[C@]5(NCCc6cc(O)c(C)cc65)C(=O)OC[C@@H](c5c6c(c(C)c(OC(C)=O)c54)OCO6)N3[C@@H](C#N)[C@H](C2)N1C. The average Bonchev–Trinajstić information content (AvgIpc) is 3.63. The van der Waals surface area contributed by atoms with Gasteiger partial charge in [-0.3, -0.25) is 19.9 Å². The van der Waals surface area contributed by atoms with Crippen molar-refractivity contribution in [3.05, 3.63) is 68.3 Å². The predicted molar refractivity (Wildman–Crippen MR) is 196 cm³/mol. The molecule has 7 aliphatic rings. The highest BCUT2D eigenvalue weighted by molar-refractivity contribution is 7.99. The minimum Gasteiger partial charge on any atom is -0.508 e. The predicted octanol–water partition coefficient (Wildman–Crippen LogP) is 4.29. The molecule has 1 unspecified atom stereocenters. The van der Waals surface area contributed by atoms with E-state index < -0.39 is 46.9 Å². The van der Waals surface area contributed by atoms with Gasteiger partial charge < -0.3 is 33.9 Å². The number of fused-ring (bicyclic) bond motifs is 9. The summed E-state index contributed by atoms with van der Waals surface area (Å²) in [6, 6.07) is 5.65. The molecule has 7 heterocycles. The molecule has 0 saturated carbocycles. The Morgan fingerprint density at radius 2 is 1.83 bits per heavy atom. The van der Waals surface area contributed by atoms with E-state index in [1.165, 1.54) is 18.7 Å². The molecule has 4 bridgehead atoms. The summed E-state index contributed by atoms with van der Waals surface area (Å²) < 4.78 is 30.6. The number of rotatable bonds is 2. The minimum atomic E-state index is -1.28. The van der Waals surface area contributed by atoms with Gasteiger partial charge in [-0.1, -0.05) is 6.07 Å². The summed E-state index contributed by atoms with van der Waals surface area (Å²) in [6.07, 6.45) is 1.11. The fraction of sp³-hybridized carbons (Fsp3) is 0.475. The molecule has 0 amide bonds. The molecule has 3 aromatic rings. The number of phenols is 2. The van der Waals surface area contributed by atoms with E-state index in [1.54, 1.807) is 13.2 Å². The van der Waals surface area contributed by atoms with Gasteiger partial charge in [-0.15, -0.1) is 11.8 Å². The monoisotopic (exact) mass is 754 g/mol. The Kier molecular flexibility index (Phi) is 8.06. The fourth-order valence-electron chi connectivity index (χ4n) is 10.1. The second kappa shape index (κ2) is 12.4. The number of piperazine rings is 1. The van der Waals surface area contributed by atoms with Gasteiger partial charge in [0.1, 0.15) is 24.1 Å². The molecule has 3 N–H and O–H groups in total. The molecule has 2 saturated heterocycles. The lowest BCUT2D eigenvalue weighted by Crippen LogP contribution is -2.69. The van der Waals surface area contributed by atoms with Crippen LogP contribution in [0.4, 0.5) is 0 Å². The maximum Gasteiger partial charge on any atom is 0.331 e. The van der Waals surface area contributed by atoms with Crippen LogP contribution in [-0.2, 0) is 32.7 Å². The van der Waals surface area contributed by atoms with Crippen molar-refractivity contribution < 1.29 is 43.5 Å². The molecule has 7 aliphatic heterocycles. The first-order chi connectivity index (χ1) is 25.9. The minimum absolute atomic E-state index is 0.0496. The number of esters is 2. The first-order valence-electron chi connectivity index (χ1n) is 18.2. The lowest BCUT2D eigenvalue weighted by molar-refractivity contribution is -0.157. The number of carbonyl (C=O) groups excluding carboxylic acids is 2. The average molecular weight is 755 g/mol. The number of nitrogens with one attached hydrogen (secondary N) is 1. The maximum absolute atomic E-state index is 14.7. The molecule has 7 atom stereocenters. The first kappa shape index (κ1) is 35.0. The van der Waals surface area contributed by atoms with E-state index in [2.05, 4.69) is 27.3 Å². The van der Waals surface area contributed by atoms with Crippen LogP contribution in [0.3, 0.4) is 0 Å². The van der Waals surface area contributed by atoms with Gasteiger partial charge in [-0.2, -0.15) is 5.26 Å². The van der Waals surface area contributed by atoms with Crippen molar-refractivity contribution in [3.63, 3.8) is 0 Å². The zero-order valence-electron chi connectivity index (χ0n) is 30.9. The number of phenolic OH excluding ortho intramolecular Hbond substituents is 2. The zero-order chi connectivity index (χ0) is 38.0. The summed E-state index contributed by atoms with van der Waals surface area (Å²) in [5, 5.41) is 36.8. The van der Waals surface area contributed by atoms with Crippen molar-refractivity contribution in [2.75, 3.05) is 39.9 Å². The van der Waals surface area contributed by atoms with E-state index in [1.807, 2.05) is 33.9 Å². The van der Waals surface area contributed by atoms with Crippen molar-refractivity contribution in [3.8, 4) is 40.6 Å². The Labute approximate surface area is 317 Å². The Hall–Kier alpha value is -4.68. The summed E-state index contributed by atoms with van der Waals surface area (Å²) >= 11 is 1.51. The van der Waals surface area contributed by atoms with E-state index >= 15 is 0 Å². The van der Waals surface area contributed by atoms with Gasteiger partial charge in [0, 0.05) is 53.6 Å². The number of carbonyl (C=O) groups is 2. The highest BCUT2D eigenvalue weighted by atomic mass is 32.2. The third-order valence-corrected chi connectivity index (χ3v) is 13.9. The van der Waals surface area contributed by atoms with Gasteiger partial charge in [0.2, 0.25) is 6.79 Å². The number of hydrogen-bond acceptors (Lipinski definition) is 14. The van der Waals surface area contributed by atoms with Crippen molar-refractivity contribution in [1.82, 2.24) is 15.1 Å². The second-order valence-corrected chi connectivity index (χ2v) is 16.3. The molecule has 282 valence electrons. The van der Waals surface area contributed by atoms with Crippen LogP contribution in [0.25, 0.3) is 0 Å². The zero-order valence-corrected chi connectivity index (χ0v) is 31.8. The molecule has 2 fully saturated rings. The first-order valence-corrected chi connectivity index (χ1v) is 19.3. The largest absolute Gasteiger partial charge is 0.508 e. The number of aromatic hydroxyl groups is 2. The second-order valence-electron chi connectivity index (χ2n) is 15.2. The van der Waals surface area contributed by atoms with Crippen molar-refractivity contribution in [2.24, 2.45) is 0 Å². The molecule has 54 heavy (non-hydrogen) atoms. The number of aryl methyl sites for hydroxylation is 2. The third kappa shape index (κ3) is 4.68. The Bertz CT molecular complexity index is 2200. The van der Waals surface area contributed by atoms with Crippen LogP contribution < -0.4 is 24.3 Å². The molecule has 3 aromatic carbocycles. The topological polar surface area (TPSA) is 163 Å². The van der Waals surface area contributed by atoms with Crippen LogP contribution in [0.1, 0.15) is 74.3 Å². The standard InChI is InChI=1S/C40H42N4O9S/c1-17-10-23-21(12-27(17)46)7-8-42-40(23)15-54-38-30-29(37-36(51-16-52-37)19(3)35(30)53-20(4)45)26(14-50-39(40)48)44-25(13-41)24-11-22-9-18(2)34(49-6)33(47)28(22)31(32(38)44)43(24)5/h9-10,12,24-26,31-32,38,42,46-47H,7-8,11,14-16H2,1-6H3/t24-,25-,26-,31+,32?,38+,40+/m0/s1. The molecular weight excluding hydrogens is 713 g/mol. The van der Waals surface area contributed by atoms with E-state index in [9.17, 15) is 25.1 Å². The van der Waals surface area contributed by atoms with Gasteiger partial charge in [0.05, 0.1) is 30.5 Å². The summed E-state index contributed by atoms with van der Waals surface area (Å²) in [4.78, 5) is 32.0. The van der Waals surface area contributed by atoms with Gasteiger partial charge in [0.25, 0.3) is 0 Å². The Morgan fingerprint density at radius 1 is 1.06 bits per heavy atom. The smallest absolute Gasteiger partial charge is 0.331 e. The van der Waals surface area contributed by atoms with Crippen molar-refractivity contribution in [2.45, 2.75) is 81.5 Å². The van der Waals surface area contributed by atoms with E-state index in [0.717, 1.165) is 27.8 Å². The molecule has 0 aliphatic carbocycles. The quantitative estimate of drug-likeness (QED) is 0.251. The van der Waals surface area contributed by atoms with Gasteiger partial charge in [-0.05, 0) is 80.6 Å². The Morgan fingerprint density at radius 3 is 2.57 bits per heavy atom. The molecule has 14 heteroatoms.